The van der Waals surface area contributed by atoms with E-state index < -0.39 is 5.97 Å². The van der Waals surface area contributed by atoms with E-state index >= 15 is 0 Å². The Labute approximate surface area is 78.4 Å². The molecule has 0 fully saturated rings. The summed E-state index contributed by atoms with van der Waals surface area (Å²) in [6.45, 7) is 0. The number of carboxylic acid groups (broad SMARTS) is 1. The third-order valence-electron chi connectivity index (χ3n) is 1.70. The van der Waals surface area contributed by atoms with Crippen molar-refractivity contribution in [1.82, 2.24) is 9.38 Å². The molecule has 4 nitrogen and oxygen atoms in total. The Hall–Kier alpha value is -1.55. The second kappa shape index (κ2) is 2.74. The number of rotatable bonds is 1. The van der Waals surface area contributed by atoms with Crippen LogP contribution in [0, 0.1) is 0 Å². The van der Waals surface area contributed by atoms with Gasteiger partial charge in [-0.25, -0.2) is 9.78 Å². The summed E-state index contributed by atoms with van der Waals surface area (Å²) in [5.74, 6) is -1.05. The third-order valence-corrected chi connectivity index (χ3v) is 1.94. The molecule has 0 saturated heterocycles. The zero-order valence-corrected chi connectivity index (χ0v) is 7.19. The van der Waals surface area contributed by atoms with Gasteiger partial charge in [0.15, 0.2) is 5.69 Å². The predicted octanol–water partition coefficient (Wildman–Crippen LogP) is 1.69. The molecule has 0 aromatic carbocycles. The summed E-state index contributed by atoms with van der Waals surface area (Å²) in [7, 11) is 0. The first-order valence-electron chi connectivity index (χ1n) is 3.54. The highest BCUT2D eigenvalue weighted by atomic mass is 35.5. The molecule has 2 rings (SSSR count). The first-order chi connectivity index (χ1) is 6.18. The Morgan fingerprint density at radius 2 is 2.38 bits per heavy atom. The first kappa shape index (κ1) is 8.07. The van der Waals surface area contributed by atoms with Crippen LogP contribution in [0.2, 0.25) is 5.02 Å². The van der Waals surface area contributed by atoms with E-state index in [9.17, 15) is 4.79 Å². The summed E-state index contributed by atoms with van der Waals surface area (Å²) in [5, 5.41) is 9.24. The molecule has 2 aromatic rings. The fraction of sp³-hybridized carbons (Fsp3) is 0. The maximum atomic E-state index is 10.7. The van der Waals surface area contributed by atoms with Crippen molar-refractivity contribution in [2.75, 3.05) is 0 Å². The van der Waals surface area contributed by atoms with E-state index in [0.29, 0.717) is 10.5 Å². The number of hydrogen-bond acceptors (Lipinski definition) is 2. The lowest BCUT2D eigenvalue weighted by Crippen LogP contribution is -1.97. The number of carbonyl (C=O) groups is 1. The lowest BCUT2D eigenvalue weighted by Gasteiger charge is -1.94. The molecular weight excluding hydrogens is 192 g/mol. The molecule has 0 radical (unpaired) electrons. The number of aromatic carboxylic acids is 1. The molecule has 1 N–H and O–H groups in total. The van der Waals surface area contributed by atoms with Crippen molar-refractivity contribution in [3.8, 4) is 0 Å². The summed E-state index contributed by atoms with van der Waals surface area (Å²) in [6, 6.07) is 3.24. The van der Waals surface area contributed by atoms with Crippen LogP contribution in [-0.4, -0.2) is 20.5 Å². The molecule has 0 atom stereocenters. The maximum Gasteiger partial charge on any atom is 0.356 e. The number of nitrogens with zero attached hydrogens (tertiary/aromatic N) is 2. The number of carboxylic acids is 1. The summed E-state index contributed by atoms with van der Waals surface area (Å²) < 4.78 is 1.61. The number of pyridine rings is 1. The molecule has 2 heterocycles. The molecule has 0 unspecified atom stereocenters. The van der Waals surface area contributed by atoms with Crippen LogP contribution < -0.4 is 0 Å². The smallest absolute Gasteiger partial charge is 0.356 e. The third kappa shape index (κ3) is 1.25. The monoisotopic (exact) mass is 196 g/mol. The van der Waals surface area contributed by atoms with Crippen LogP contribution in [0.15, 0.2) is 24.7 Å². The number of aromatic nitrogens is 2. The van der Waals surface area contributed by atoms with Crippen LogP contribution >= 0.6 is 11.6 Å². The van der Waals surface area contributed by atoms with Gasteiger partial charge in [0.05, 0.1) is 5.52 Å². The molecule has 13 heavy (non-hydrogen) atoms. The van der Waals surface area contributed by atoms with E-state index in [2.05, 4.69) is 4.98 Å². The SMILES string of the molecule is O=C(O)c1ncn2ccc(Cl)cc12. The van der Waals surface area contributed by atoms with Gasteiger partial charge in [0.25, 0.3) is 0 Å². The van der Waals surface area contributed by atoms with Gasteiger partial charge in [-0.05, 0) is 12.1 Å². The van der Waals surface area contributed by atoms with Gasteiger partial charge in [-0.15, -0.1) is 0 Å². The van der Waals surface area contributed by atoms with Crippen LogP contribution in [0.3, 0.4) is 0 Å². The van der Waals surface area contributed by atoms with Crippen molar-refractivity contribution >= 4 is 23.1 Å². The molecule has 0 amide bonds. The molecule has 0 bridgehead atoms. The minimum atomic E-state index is -1.05. The zero-order chi connectivity index (χ0) is 9.42. The van der Waals surface area contributed by atoms with E-state index in [1.807, 2.05) is 0 Å². The number of fused-ring (bicyclic) bond motifs is 1. The Kier molecular flexibility index (Phi) is 1.70. The Morgan fingerprint density at radius 3 is 3.08 bits per heavy atom. The number of imidazole rings is 1. The largest absolute Gasteiger partial charge is 0.476 e. The zero-order valence-electron chi connectivity index (χ0n) is 6.44. The lowest BCUT2D eigenvalue weighted by molar-refractivity contribution is 0.0693. The second-order valence-electron chi connectivity index (χ2n) is 2.54. The highest BCUT2D eigenvalue weighted by Gasteiger charge is 2.11. The average molecular weight is 197 g/mol. The van der Waals surface area contributed by atoms with Gasteiger partial charge in [-0.1, -0.05) is 11.6 Å². The summed E-state index contributed by atoms with van der Waals surface area (Å²) >= 11 is 5.72. The molecule has 5 heteroatoms. The standard InChI is InChI=1S/C8H5ClN2O2/c9-5-1-2-11-4-10-7(8(12)13)6(11)3-5/h1-4H,(H,12,13). The topological polar surface area (TPSA) is 54.6 Å². The van der Waals surface area contributed by atoms with Gasteiger partial charge in [0.1, 0.15) is 6.33 Å². The van der Waals surface area contributed by atoms with Crippen molar-refractivity contribution in [2.24, 2.45) is 0 Å². The first-order valence-corrected chi connectivity index (χ1v) is 3.92. The minimum absolute atomic E-state index is 0.0162. The highest BCUT2D eigenvalue weighted by molar-refractivity contribution is 6.31. The van der Waals surface area contributed by atoms with Gasteiger partial charge >= 0.3 is 5.97 Å². The van der Waals surface area contributed by atoms with E-state index in [1.165, 1.54) is 6.33 Å². The van der Waals surface area contributed by atoms with Gasteiger partial charge < -0.3 is 9.51 Å². The minimum Gasteiger partial charge on any atom is -0.476 e. The highest BCUT2D eigenvalue weighted by Crippen LogP contribution is 2.15. The quantitative estimate of drug-likeness (QED) is 0.755. The number of hydrogen-bond donors (Lipinski definition) is 1. The summed E-state index contributed by atoms with van der Waals surface area (Å²) in [6.07, 6.45) is 3.10. The fourth-order valence-electron chi connectivity index (χ4n) is 1.13. The summed E-state index contributed by atoms with van der Waals surface area (Å²) in [5.41, 5.74) is 0.516. The number of halogens is 1. The molecule has 0 aliphatic rings. The Balaban J connectivity index is 2.79. The molecule has 0 saturated carbocycles. The van der Waals surface area contributed by atoms with E-state index in [-0.39, 0.29) is 5.69 Å². The van der Waals surface area contributed by atoms with Crippen molar-refractivity contribution in [3.05, 3.63) is 35.4 Å². The van der Waals surface area contributed by atoms with Crippen molar-refractivity contribution < 1.29 is 9.90 Å². The van der Waals surface area contributed by atoms with Crippen LogP contribution in [0.25, 0.3) is 5.52 Å². The van der Waals surface area contributed by atoms with E-state index in [1.54, 1.807) is 22.7 Å². The van der Waals surface area contributed by atoms with Crippen molar-refractivity contribution in [2.45, 2.75) is 0 Å². The Morgan fingerprint density at radius 1 is 1.62 bits per heavy atom. The van der Waals surface area contributed by atoms with Crippen LogP contribution in [0.5, 0.6) is 0 Å². The predicted molar refractivity (Wildman–Crippen MR) is 47.2 cm³/mol. The van der Waals surface area contributed by atoms with Gasteiger partial charge in [0.2, 0.25) is 0 Å². The normalized spacial score (nSPS) is 10.5. The van der Waals surface area contributed by atoms with Crippen molar-refractivity contribution in [3.63, 3.8) is 0 Å². The van der Waals surface area contributed by atoms with Crippen molar-refractivity contribution in [1.29, 1.82) is 0 Å². The molecule has 0 spiro atoms. The van der Waals surface area contributed by atoms with Crippen LogP contribution in [0.4, 0.5) is 0 Å². The van der Waals surface area contributed by atoms with Crippen LogP contribution in [0.1, 0.15) is 10.5 Å². The molecule has 66 valence electrons. The molecule has 0 aliphatic carbocycles. The fourth-order valence-corrected chi connectivity index (χ4v) is 1.29. The van der Waals surface area contributed by atoms with E-state index in [4.69, 9.17) is 16.7 Å². The molecular formula is C8H5ClN2O2. The summed E-state index contributed by atoms with van der Waals surface area (Å²) in [4.78, 5) is 14.4. The molecule has 0 aliphatic heterocycles. The second-order valence-corrected chi connectivity index (χ2v) is 2.97. The maximum absolute atomic E-state index is 10.7. The lowest BCUT2D eigenvalue weighted by atomic mass is 10.3. The van der Waals surface area contributed by atoms with Crippen LogP contribution in [-0.2, 0) is 0 Å². The van der Waals surface area contributed by atoms with Gasteiger partial charge in [0, 0.05) is 11.2 Å². The van der Waals surface area contributed by atoms with E-state index in [0.717, 1.165) is 0 Å². The molecule has 2 aromatic heterocycles. The average Bonchev–Trinajstić information content (AvgIpc) is 2.46. The Bertz CT molecular complexity index is 478. The van der Waals surface area contributed by atoms with Gasteiger partial charge in [-0.2, -0.15) is 0 Å². The van der Waals surface area contributed by atoms with Gasteiger partial charge in [-0.3, -0.25) is 0 Å².